The van der Waals surface area contributed by atoms with Crippen LogP contribution in [0.25, 0.3) is 10.8 Å². The van der Waals surface area contributed by atoms with E-state index < -0.39 is 6.09 Å². The fourth-order valence-corrected chi connectivity index (χ4v) is 1.60. The fraction of sp³-hybridized carbons (Fsp3) is 0. The molecule has 0 heterocycles. The van der Waals surface area contributed by atoms with Crippen LogP contribution in [-0.2, 0) is 0 Å². The van der Waals surface area contributed by atoms with E-state index in [2.05, 4.69) is 5.32 Å². The number of amides is 1. The van der Waals surface area contributed by atoms with Crippen molar-refractivity contribution < 1.29 is 9.90 Å². The van der Waals surface area contributed by atoms with E-state index in [1.807, 2.05) is 18.2 Å². The number of hydrogen-bond acceptors (Lipinski definition) is 1. The number of anilines is 1. The van der Waals surface area contributed by atoms with Crippen molar-refractivity contribution in [1.82, 2.24) is 0 Å². The average Bonchev–Trinajstić information content (AvgIpc) is 2.17. The zero-order valence-electron chi connectivity index (χ0n) is 7.70. The van der Waals surface area contributed by atoms with Crippen LogP contribution < -0.4 is 5.32 Å². The third-order valence-corrected chi connectivity index (χ3v) is 2.29. The summed E-state index contributed by atoms with van der Waals surface area (Å²) in [5, 5.41) is 13.4. The van der Waals surface area contributed by atoms with Gasteiger partial charge in [0.2, 0.25) is 0 Å². The van der Waals surface area contributed by atoms with Gasteiger partial charge in [-0.2, -0.15) is 0 Å². The Labute approximate surface area is 91.3 Å². The maximum absolute atomic E-state index is 10.4. The highest BCUT2D eigenvalue weighted by atomic mass is 35.5. The van der Waals surface area contributed by atoms with Crippen molar-refractivity contribution in [1.29, 1.82) is 0 Å². The zero-order chi connectivity index (χ0) is 10.8. The van der Waals surface area contributed by atoms with Gasteiger partial charge in [0.25, 0.3) is 0 Å². The van der Waals surface area contributed by atoms with E-state index in [4.69, 9.17) is 16.7 Å². The van der Waals surface area contributed by atoms with Crippen molar-refractivity contribution in [2.45, 2.75) is 0 Å². The van der Waals surface area contributed by atoms with Gasteiger partial charge in [-0.05, 0) is 35.0 Å². The molecule has 0 aliphatic rings. The Bertz CT molecular complexity index is 525. The standard InChI is InChI=1S/C11H8ClNO2/c12-9-3-1-8-6-10(13-11(14)15)4-2-7(8)5-9/h1-6,13H,(H,14,15). The molecule has 0 aromatic heterocycles. The molecule has 0 unspecified atom stereocenters. The molecule has 2 N–H and O–H groups in total. The first kappa shape index (κ1) is 9.80. The maximum Gasteiger partial charge on any atom is 0.409 e. The van der Waals surface area contributed by atoms with Crippen LogP contribution in [0.2, 0.25) is 5.02 Å². The number of carboxylic acid groups (broad SMARTS) is 1. The van der Waals surface area contributed by atoms with Gasteiger partial charge in [0.1, 0.15) is 0 Å². The molecule has 2 aromatic carbocycles. The van der Waals surface area contributed by atoms with Gasteiger partial charge in [-0.15, -0.1) is 0 Å². The summed E-state index contributed by atoms with van der Waals surface area (Å²) in [6, 6.07) is 10.7. The molecule has 2 aromatic rings. The lowest BCUT2D eigenvalue weighted by molar-refractivity contribution is 0.210. The van der Waals surface area contributed by atoms with Gasteiger partial charge in [-0.25, -0.2) is 4.79 Å². The third-order valence-electron chi connectivity index (χ3n) is 2.05. The van der Waals surface area contributed by atoms with Gasteiger partial charge < -0.3 is 5.11 Å². The molecule has 0 bridgehead atoms. The van der Waals surface area contributed by atoms with Crippen LogP contribution in [0.5, 0.6) is 0 Å². The van der Waals surface area contributed by atoms with E-state index in [0.717, 1.165) is 10.8 Å². The molecule has 0 saturated heterocycles. The SMILES string of the molecule is O=C(O)Nc1ccc2cc(Cl)ccc2c1. The molecular weight excluding hydrogens is 214 g/mol. The number of rotatable bonds is 1. The molecule has 15 heavy (non-hydrogen) atoms. The molecule has 0 saturated carbocycles. The minimum absolute atomic E-state index is 0.553. The Morgan fingerprint density at radius 1 is 1.13 bits per heavy atom. The predicted octanol–water partition coefficient (Wildman–Crippen LogP) is 3.58. The van der Waals surface area contributed by atoms with Crippen molar-refractivity contribution in [3.8, 4) is 0 Å². The minimum Gasteiger partial charge on any atom is -0.465 e. The van der Waals surface area contributed by atoms with Crippen LogP contribution in [0.4, 0.5) is 10.5 Å². The van der Waals surface area contributed by atoms with E-state index in [-0.39, 0.29) is 0 Å². The molecule has 76 valence electrons. The van der Waals surface area contributed by atoms with Gasteiger partial charge in [-0.1, -0.05) is 23.7 Å². The van der Waals surface area contributed by atoms with E-state index in [1.165, 1.54) is 0 Å². The molecule has 0 radical (unpaired) electrons. The molecule has 4 heteroatoms. The summed E-state index contributed by atoms with van der Waals surface area (Å²) in [6.07, 6.45) is -1.07. The van der Waals surface area contributed by atoms with E-state index in [1.54, 1.807) is 18.2 Å². The highest BCUT2D eigenvalue weighted by Crippen LogP contribution is 2.22. The normalized spacial score (nSPS) is 10.2. The largest absolute Gasteiger partial charge is 0.465 e. The molecule has 0 fully saturated rings. The number of nitrogens with one attached hydrogen (secondary N) is 1. The van der Waals surface area contributed by atoms with Crippen LogP contribution in [0.1, 0.15) is 0 Å². The zero-order valence-corrected chi connectivity index (χ0v) is 8.45. The summed E-state index contributed by atoms with van der Waals surface area (Å²) in [6.45, 7) is 0. The quantitative estimate of drug-likeness (QED) is 0.773. The van der Waals surface area contributed by atoms with Crippen LogP contribution >= 0.6 is 11.6 Å². The maximum atomic E-state index is 10.4. The second kappa shape index (κ2) is 3.79. The van der Waals surface area contributed by atoms with E-state index in [0.29, 0.717) is 10.7 Å². The lowest BCUT2D eigenvalue weighted by atomic mass is 10.1. The van der Waals surface area contributed by atoms with Crippen LogP contribution in [0.3, 0.4) is 0 Å². The summed E-state index contributed by atoms with van der Waals surface area (Å²) in [5.74, 6) is 0. The molecule has 3 nitrogen and oxygen atoms in total. The summed E-state index contributed by atoms with van der Waals surface area (Å²) < 4.78 is 0. The lowest BCUT2D eigenvalue weighted by Gasteiger charge is -2.03. The Kier molecular flexibility index (Phi) is 2.47. The lowest BCUT2D eigenvalue weighted by Crippen LogP contribution is -2.06. The molecule has 2 rings (SSSR count). The number of fused-ring (bicyclic) bond motifs is 1. The second-order valence-electron chi connectivity index (χ2n) is 3.14. The highest BCUT2D eigenvalue weighted by molar-refractivity contribution is 6.31. The smallest absolute Gasteiger partial charge is 0.409 e. The Hall–Kier alpha value is -1.74. The van der Waals surface area contributed by atoms with E-state index in [9.17, 15) is 4.79 Å². The van der Waals surface area contributed by atoms with Crippen LogP contribution in [0.15, 0.2) is 36.4 Å². The summed E-state index contributed by atoms with van der Waals surface area (Å²) in [7, 11) is 0. The third kappa shape index (κ3) is 2.19. The topological polar surface area (TPSA) is 49.3 Å². The second-order valence-corrected chi connectivity index (χ2v) is 3.57. The molecule has 0 aliphatic carbocycles. The first-order chi connectivity index (χ1) is 7.15. The molecule has 0 aliphatic heterocycles. The highest BCUT2D eigenvalue weighted by Gasteiger charge is 2.00. The van der Waals surface area contributed by atoms with Crippen molar-refractivity contribution in [2.75, 3.05) is 5.32 Å². The Balaban J connectivity index is 2.47. The molecule has 0 atom stereocenters. The van der Waals surface area contributed by atoms with Gasteiger partial charge in [-0.3, -0.25) is 5.32 Å². The Morgan fingerprint density at radius 3 is 2.53 bits per heavy atom. The summed E-state index contributed by atoms with van der Waals surface area (Å²) >= 11 is 5.83. The van der Waals surface area contributed by atoms with Crippen molar-refractivity contribution in [3.63, 3.8) is 0 Å². The average molecular weight is 222 g/mol. The van der Waals surface area contributed by atoms with Gasteiger partial charge in [0, 0.05) is 10.7 Å². The number of benzene rings is 2. The monoisotopic (exact) mass is 221 g/mol. The van der Waals surface area contributed by atoms with Crippen LogP contribution in [-0.4, -0.2) is 11.2 Å². The number of carbonyl (C=O) groups is 1. The van der Waals surface area contributed by atoms with Crippen molar-refractivity contribution in [3.05, 3.63) is 41.4 Å². The van der Waals surface area contributed by atoms with Crippen molar-refractivity contribution in [2.24, 2.45) is 0 Å². The number of hydrogen-bond donors (Lipinski definition) is 2. The molecular formula is C11H8ClNO2. The summed E-state index contributed by atoms with van der Waals surface area (Å²) in [5.41, 5.74) is 0.553. The Morgan fingerprint density at radius 2 is 1.80 bits per heavy atom. The van der Waals surface area contributed by atoms with E-state index >= 15 is 0 Å². The minimum atomic E-state index is -1.07. The fourth-order valence-electron chi connectivity index (χ4n) is 1.42. The van der Waals surface area contributed by atoms with Crippen molar-refractivity contribution >= 4 is 34.2 Å². The molecule has 1 amide bonds. The first-order valence-electron chi connectivity index (χ1n) is 4.34. The predicted molar refractivity (Wildman–Crippen MR) is 60.6 cm³/mol. The van der Waals surface area contributed by atoms with Crippen LogP contribution in [0, 0.1) is 0 Å². The molecule has 0 spiro atoms. The first-order valence-corrected chi connectivity index (χ1v) is 4.72. The van der Waals surface area contributed by atoms with Gasteiger partial charge in [0.15, 0.2) is 0 Å². The summed E-state index contributed by atoms with van der Waals surface area (Å²) in [4.78, 5) is 10.4. The van der Waals surface area contributed by atoms with Gasteiger partial charge >= 0.3 is 6.09 Å². The number of halogens is 1. The van der Waals surface area contributed by atoms with Gasteiger partial charge in [0.05, 0.1) is 0 Å².